The summed E-state index contributed by atoms with van der Waals surface area (Å²) in [5.41, 5.74) is 0.320. The van der Waals surface area contributed by atoms with E-state index in [2.05, 4.69) is 5.32 Å². The third-order valence-electron chi connectivity index (χ3n) is 3.30. The number of ether oxygens (including phenoxy) is 2. The summed E-state index contributed by atoms with van der Waals surface area (Å²) < 4.78 is 10.6. The van der Waals surface area contributed by atoms with Crippen LogP contribution in [0.25, 0.3) is 0 Å². The zero-order valence-electron chi connectivity index (χ0n) is 12.8. The first kappa shape index (κ1) is 15.4. The van der Waals surface area contributed by atoms with Gasteiger partial charge in [-0.3, -0.25) is 0 Å². The number of esters is 1. The molecule has 1 N–H and O–H groups in total. The van der Waals surface area contributed by atoms with E-state index >= 15 is 0 Å². The van der Waals surface area contributed by atoms with Crippen LogP contribution in [0.15, 0.2) is 30.3 Å². The van der Waals surface area contributed by atoms with E-state index < -0.39 is 23.7 Å². The topological polar surface area (TPSA) is 64.6 Å². The summed E-state index contributed by atoms with van der Waals surface area (Å²) >= 11 is 0. The molecular weight excluding hydrogens is 270 g/mol. The Morgan fingerprint density at radius 3 is 2.43 bits per heavy atom. The number of cyclic esters (lactones) is 1. The molecule has 3 atom stereocenters. The second-order valence-corrected chi connectivity index (χ2v) is 6.25. The van der Waals surface area contributed by atoms with Crippen molar-refractivity contribution in [2.75, 3.05) is 0 Å². The zero-order valence-corrected chi connectivity index (χ0v) is 12.8. The molecule has 1 fully saturated rings. The third-order valence-corrected chi connectivity index (χ3v) is 3.30. The summed E-state index contributed by atoms with van der Waals surface area (Å²) in [6.07, 6.45) is -0.955. The van der Waals surface area contributed by atoms with Crippen LogP contribution in [0.5, 0.6) is 0 Å². The van der Waals surface area contributed by atoms with Gasteiger partial charge in [0.05, 0.1) is 0 Å². The standard InChI is InChI=1S/C16H21NO4/c1-10-12(17-15(19)21-16(2,3)4)14(18)20-13(10)11-8-6-5-7-9-11/h5-10,12-13H,1-4H3,(H,17,19)/t10-,12+,13+/m0/s1. The molecule has 1 aliphatic heterocycles. The Hall–Kier alpha value is -2.04. The molecule has 114 valence electrons. The number of alkyl carbamates (subject to hydrolysis) is 1. The van der Waals surface area contributed by atoms with Crippen LogP contribution in [0.2, 0.25) is 0 Å². The average Bonchev–Trinajstić information content (AvgIpc) is 2.66. The minimum atomic E-state index is -0.690. The van der Waals surface area contributed by atoms with Crippen LogP contribution in [0, 0.1) is 5.92 Å². The monoisotopic (exact) mass is 291 g/mol. The largest absolute Gasteiger partial charge is 0.456 e. The van der Waals surface area contributed by atoms with Crippen molar-refractivity contribution in [1.82, 2.24) is 5.32 Å². The minimum absolute atomic E-state index is 0.160. The van der Waals surface area contributed by atoms with Gasteiger partial charge in [0.25, 0.3) is 0 Å². The van der Waals surface area contributed by atoms with E-state index in [0.29, 0.717) is 0 Å². The molecule has 0 spiro atoms. The van der Waals surface area contributed by atoms with Gasteiger partial charge >= 0.3 is 12.1 Å². The van der Waals surface area contributed by atoms with E-state index in [1.807, 2.05) is 37.3 Å². The first-order valence-electron chi connectivity index (χ1n) is 7.03. The normalized spacial score (nSPS) is 25.3. The van der Waals surface area contributed by atoms with Gasteiger partial charge in [-0.1, -0.05) is 37.3 Å². The van der Waals surface area contributed by atoms with Gasteiger partial charge in [-0.15, -0.1) is 0 Å². The highest BCUT2D eigenvalue weighted by Gasteiger charge is 2.43. The fraction of sp³-hybridized carbons (Fsp3) is 0.500. The van der Waals surface area contributed by atoms with Gasteiger partial charge in [0, 0.05) is 5.92 Å². The Morgan fingerprint density at radius 1 is 1.24 bits per heavy atom. The van der Waals surface area contributed by atoms with Crippen LogP contribution < -0.4 is 5.32 Å². The molecule has 0 unspecified atom stereocenters. The van der Waals surface area contributed by atoms with E-state index in [1.165, 1.54) is 0 Å². The predicted octanol–water partition coefficient (Wildman–Crippen LogP) is 2.81. The van der Waals surface area contributed by atoms with Crippen molar-refractivity contribution in [2.45, 2.75) is 45.4 Å². The smallest absolute Gasteiger partial charge is 0.408 e. The number of carbonyl (C=O) groups excluding carboxylic acids is 2. The van der Waals surface area contributed by atoms with Crippen molar-refractivity contribution in [2.24, 2.45) is 5.92 Å². The van der Waals surface area contributed by atoms with Crippen LogP contribution in [0.1, 0.15) is 39.4 Å². The second kappa shape index (κ2) is 5.76. The van der Waals surface area contributed by atoms with Gasteiger partial charge in [0.2, 0.25) is 0 Å². The molecule has 5 heteroatoms. The molecule has 1 heterocycles. The molecule has 0 saturated carbocycles. The minimum Gasteiger partial charge on any atom is -0.456 e. The molecule has 21 heavy (non-hydrogen) atoms. The van der Waals surface area contributed by atoms with Crippen LogP contribution in [-0.4, -0.2) is 23.7 Å². The zero-order chi connectivity index (χ0) is 15.6. The quantitative estimate of drug-likeness (QED) is 0.851. The van der Waals surface area contributed by atoms with Crippen molar-refractivity contribution in [3.05, 3.63) is 35.9 Å². The van der Waals surface area contributed by atoms with Gasteiger partial charge in [-0.25, -0.2) is 9.59 Å². The Kier molecular flexibility index (Phi) is 4.21. The van der Waals surface area contributed by atoms with Gasteiger partial charge in [0.1, 0.15) is 17.7 Å². The van der Waals surface area contributed by atoms with E-state index in [1.54, 1.807) is 20.8 Å². The molecule has 5 nitrogen and oxygen atoms in total. The summed E-state index contributed by atoms with van der Waals surface area (Å²) in [6.45, 7) is 7.20. The Labute approximate surface area is 124 Å². The van der Waals surface area contributed by atoms with Crippen LogP contribution >= 0.6 is 0 Å². The summed E-state index contributed by atoms with van der Waals surface area (Å²) in [6, 6.07) is 8.82. The molecule has 1 aliphatic rings. The predicted molar refractivity (Wildman–Crippen MR) is 77.6 cm³/mol. The number of amides is 1. The molecule has 2 rings (SSSR count). The maximum absolute atomic E-state index is 12.0. The van der Waals surface area contributed by atoms with E-state index in [4.69, 9.17) is 9.47 Å². The number of hydrogen-bond acceptors (Lipinski definition) is 4. The third kappa shape index (κ3) is 3.74. The maximum Gasteiger partial charge on any atom is 0.408 e. The van der Waals surface area contributed by atoms with Crippen LogP contribution in [0.3, 0.4) is 0 Å². The highest BCUT2D eigenvalue weighted by molar-refractivity contribution is 5.83. The lowest BCUT2D eigenvalue weighted by Gasteiger charge is -2.22. The Morgan fingerprint density at radius 2 is 1.86 bits per heavy atom. The Bertz CT molecular complexity index is 521. The van der Waals surface area contributed by atoms with Gasteiger partial charge in [-0.05, 0) is 26.3 Å². The molecule has 1 aromatic rings. The number of carbonyl (C=O) groups is 2. The molecule has 0 aromatic heterocycles. The summed E-state index contributed by atoms with van der Waals surface area (Å²) in [5.74, 6) is -0.588. The number of nitrogens with one attached hydrogen (secondary N) is 1. The fourth-order valence-corrected chi connectivity index (χ4v) is 2.33. The highest BCUT2D eigenvalue weighted by atomic mass is 16.6. The lowest BCUT2D eigenvalue weighted by Crippen LogP contribution is -2.44. The lowest BCUT2D eigenvalue weighted by molar-refractivity contribution is -0.143. The molecule has 0 radical (unpaired) electrons. The van der Waals surface area contributed by atoms with Crippen molar-refractivity contribution in [3.8, 4) is 0 Å². The SMILES string of the molecule is C[C@H]1[C@@H](NC(=O)OC(C)(C)C)C(=O)O[C@H]1c1ccccc1. The molecule has 0 aliphatic carbocycles. The Balaban J connectivity index is 2.05. The summed E-state index contributed by atoms with van der Waals surface area (Å²) in [4.78, 5) is 23.8. The van der Waals surface area contributed by atoms with Gasteiger partial charge in [0.15, 0.2) is 0 Å². The second-order valence-electron chi connectivity index (χ2n) is 6.25. The number of benzene rings is 1. The summed E-state index contributed by atoms with van der Waals surface area (Å²) in [7, 11) is 0. The average molecular weight is 291 g/mol. The lowest BCUT2D eigenvalue weighted by atomic mass is 9.94. The van der Waals surface area contributed by atoms with Crippen LogP contribution in [0.4, 0.5) is 4.79 Å². The molecule has 1 aromatic carbocycles. The van der Waals surface area contributed by atoms with E-state index in [-0.39, 0.29) is 12.0 Å². The highest BCUT2D eigenvalue weighted by Crippen LogP contribution is 2.35. The maximum atomic E-state index is 12.0. The fourth-order valence-electron chi connectivity index (χ4n) is 2.33. The first-order chi connectivity index (χ1) is 9.78. The first-order valence-corrected chi connectivity index (χ1v) is 7.03. The number of hydrogen-bond donors (Lipinski definition) is 1. The molecular formula is C16H21NO4. The molecule has 1 saturated heterocycles. The van der Waals surface area contributed by atoms with Crippen molar-refractivity contribution >= 4 is 12.1 Å². The number of rotatable bonds is 2. The van der Waals surface area contributed by atoms with Gasteiger partial charge in [-0.2, -0.15) is 0 Å². The van der Waals surface area contributed by atoms with Crippen molar-refractivity contribution < 1.29 is 19.1 Å². The van der Waals surface area contributed by atoms with Gasteiger partial charge < -0.3 is 14.8 Å². The van der Waals surface area contributed by atoms with Crippen molar-refractivity contribution in [1.29, 1.82) is 0 Å². The summed E-state index contributed by atoms with van der Waals surface area (Å²) in [5, 5.41) is 2.60. The molecule has 1 amide bonds. The van der Waals surface area contributed by atoms with Crippen LogP contribution in [-0.2, 0) is 14.3 Å². The van der Waals surface area contributed by atoms with Crippen molar-refractivity contribution in [3.63, 3.8) is 0 Å². The van der Waals surface area contributed by atoms with E-state index in [9.17, 15) is 9.59 Å². The van der Waals surface area contributed by atoms with E-state index in [0.717, 1.165) is 5.56 Å². The molecule has 0 bridgehead atoms.